The first kappa shape index (κ1) is 13.6. The molecule has 114 valence electrons. The molecule has 0 aliphatic heterocycles. The molecule has 0 bridgehead atoms. The van der Waals surface area contributed by atoms with Crippen LogP contribution in [0.5, 0.6) is 0 Å². The van der Waals surface area contributed by atoms with E-state index in [1.807, 2.05) is 12.1 Å². The monoisotopic (exact) mass is 328 g/mol. The molecule has 0 N–H and O–H groups in total. The van der Waals surface area contributed by atoms with E-state index in [4.69, 9.17) is 16.0 Å². The van der Waals surface area contributed by atoms with Gasteiger partial charge in [-0.25, -0.2) is 13.9 Å². The van der Waals surface area contributed by atoms with E-state index in [-0.39, 0.29) is 18.1 Å². The summed E-state index contributed by atoms with van der Waals surface area (Å²) in [6.45, 7) is 0.0674. The van der Waals surface area contributed by atoms with Crippen molar-refractivity contribution >= 4 is 17.2 Å². The van der Waals surface area contributed by atoms with E-state index in [2.05, 4.69) is 20.3 Å². The van der Waals surface area contributed by atoms with Gasteiger partial charge in [0.1, 0.15) is 6.54 Å². The van der Waals surface area contributed by atoms with Gasteiger partial charge in [-0.3, -0.25) is 4.98 Å². The van der Waals surface area contributed by atoms with Crippen LogP contribution in [-0.2, 0) is 6.54 Å². The van der Waals surface area contributed by atoms with Gasteiger partial charge in [0.2, 0.25) is 11.8 Å². The predicted octanol–water partition coefficient (Wildman–Crippen LogP) is 1.64. The first-order valence-electron chi connectivity index (χ1n) is 6.69. The maximum Gasteiger partial charge on any atom is 0.350 e. The summed E-state index contributed by atoms with van der Waals surface area (Å²) in [5.74, 6) is 0.558. The molecule has 0 aliphatic rings. The van der Waals surface area contributed by atoms with Gasteiger partial charge in [0, 0.05) is 12.4 Å². The van der Waals surface area contributed by atoms with Crippen molar-refractivity contribution in [1.82, 2.24) is 29.4 Å². The van der Waals surface area contributed by atoms with Crippen molar-refractivity contribution in [3.8, 4) is 11.5 Å². The highest BCUT2D eigenvalue weighted by Crippen LogP contribution is 2.26. The Balaban J connectivity index is 1.68. The van der Waals surface area contributed by atoms with Gasteiger partial charge < -0.3 is 4.42 Å². The van der Waals surface area contributed by atoms with Crippen molar-refractivity contribution < 1.29 is 4.42 Å². The molecule has 3 aromatic heterocycles. The van der Waals surface area contributed by atoms with Crippen LogP contribution in [0.25, 0.3) is 17.1 Å². The average molecular weight is 329 g/mol. The van der Waals surface area contributed by atoms with Gasteiger partial charge in [-0.15, -0.1) is 15.3 Å². The Morgan fingerprint density at radius 1 is 1.22 bits per heavy atom. The zero-order valence-corrected chi connectivity index (χ0v) is 12.4. The van der Waals surface area contributed by atoms with Gasteiger partial charge in [0.25, 0.3) is 0 Å². The lowest BCUT2D eigenvalue weighted by atomic mass is 10.2. The Kier molecular flexibility index (Phi) is 3.16. The molecule has 0 amide bonds. The summed E-state index contributed by atoms with van der Waals surface area (Å²) in [5.41, 5.74) is 0.780. The Hall–Kier alpha value is -3.00. The minimum Gasteiger partial charge on any atom is -0.419 e. The number of hydrogen-bond donors (Lipinski definition) is 0. The summed E-state index contributed by atoms with van der Waals surface area (Å²) >= 11 is 6.10. The molecule has 0 saturated carbocycles. The van der Waals surface area contributed by atoms with Crippen molar-refractivity contribution in [2.24, 2.45) is 0 Å². The molecule has 0 fully saturated rings. The van der Waals surface area contributed by atoms with E-state index in [1.54, 1.807) is 18.3 Å². The van der Waals surface area contributed by atoms with E-state index in [0.717, 1.165) is 0 Å². The molecular weight excluding hydrogens is 320 g/mol. The molecular formula is C14H9ClN6O2. The number of nitrogens with zero attached hydrogens (tertiary/aromatic N) is 6. The molecule has 4 aromatic rings. The van der Waals surface area contributed by atoms with Crippen LogP contribution in [-0.4, -0.2) is 29.4 Å². The quantitative estimate of drug-likeness (QED) is 0.568. The summed E-state index contributed by atoms with van der Waals surface area (Å²) in [4.78, 5) is 16.1. The number of halogens is 1. The first-order chi connectivity index (χ1) is 11.2. The van der Waals surface area contributed by atoms with Gasteiger partial charge in [-0.05, 0) is 12.1 Å². The van der Waals surface area contributed by atoms with Crippen molar-refractivity contribution in [2.45, 2.75) is 6.54 Å². The fourth-order valence-electron chi connectivity index (χ4n) is 2.17. The van der Waals surface area contributed by atoms with Crippen LogP contribution in [0, 0.1) is 0 Å². The fraction of sp³-hybridized carbons (Fsp3) is 0.0714. The molecule has 0 unspecified atom stereocenters. The average Bonchev–Trinajstić information content (AvgIpc) is 3.14. The highest BCUT2D eigenvalue weighted by molar-refractivity contribution is 6.33. The van der Waals surface area contributed by atoms with Crippen molar-refractivity contribution in [1.29, 1.82) is 0 Å². The van der Waals surface area contributed by atoms with E-state index in [9.17, 15) is 4.79 Å². The Bertz CT molecular complexity index is 1050. The normalized spacial score (nSPS) is 11.2. The molecule has 8 nitrogen and oxygen atoms in total. The highest BCUT2D eigenvalue weighted by Gasteiger charge is 2.14. The topological polar surface area (TPSA) is 91.1 Å². The zero-order chi connectivity index (χ0) is 15.8. The highest BCUT2D eigenvalue weighted by atomic mass is 35.5. The van der Waals surface area contributed by atoms with E-state index in [0.29, 0.717) is 22.1 Å². The molecule has 23 heavy (non-hydrogen) atoms. The first-order valence-corrected chi connectivity index (χ1v) is 7.06. The smallest absolute Gasteiger partial charge is 0.350 e. The van der Waals surface area contributed by atoms with Gasteiger partial charge in [0.05, 0.1) is 16.8 Å². The van der Waals surface area contributed by atoms with Crippen molar-refractivity contribution in [3.05, 3.63) is 64.3 Å². The lowest BCUT2D eigenvalue weighted by Gasteiger charge is -1.97. The fourth-order valence-corrected chi connectivity index (χ4v) is 2.39. The predicted molar refractivity (Wildman–Crippen MR) is 81.1 cm³/mol. The third kappa shape index (κ3) is 2.38. The number of hydrogen-bond acceptors (Lipinski definition) is 6. The second kappa shape index (κ2) is 5.33. The van der Waals surface area contributed by atoms with Crippen LogP contribution < -0.4 is 5.69 Å². The summed E-state index contributed by atoms with van der Waals surface area (Å²) < 4.78 is 8.20. The van der Waals surface area contributed by atoms with Crippen LogP contribution in [0.1, 0.15) is 5.89 Å². The largest absolute Gasteiger partial charge is 0.419 e. The molecule has 0 spiro atoms. The summed E-state index contributed by atoms with van der Waals surface area (Å²) in [6.07, 6.45) is 4.56. The maximum atomic E-state index is 12.2. The number of aromatic nitrogens is 6. The molecule has 4 rings (SSSR count). The minimum absolute atomic E-state index is 0.0674. The Labute approximate surface area is 134 Å². The summed E-state index contributed by atoms with van der Waals surface area (Å²) in [5, 5.41) is 12.6. The summed E-state index contributed by atoms with van der Waals surface area (Å²) in [7, 11) is 0. The summed E-state index contributed by atoms with van der Waals surface area (Å²) in [6, 6.07) is 7.15. The molecule has 3 heterocycles. The van der Waals surface area contributed by atoms with Gasteiger partial charge in [-0.1, -0.05) is 23.7 Å². The third-order valence-electron chi connectivity index (χ3n) is 3.24. The zero-order valence-electron chi connectivity index (χ0n) is 11.6. The van der Waals surface area contributed by atoms with Crippen molar-refractivity contribution in [2.75, 3.05) is 0 Å². The molecule has 0 saturated heterocycles. The number of rotatable bonds is 3. The van der Waals surface area contributed by atoms with E-state index >= 15 is 0 Å². The van der Waals surface area contributed by atoms with Crippen LogP contribution in [0.15, 0.2) is 52.1 Å². The van der Waals surface area contributed by atoms with Gasteiger partial charge in [-0.2, -0.15) is 0 Å². The molecule has 9 heteroatoms. The lowest BCUT2D eigenvalue weighted by molar-refractivity contribution is 0.469. The second-order valence-electron chi connectivity index (χ2n) is 4.73. The van der Waals surface area contributed by atoms with Crippen molar-refractivity contribution in [3.63, 3.8) is 0 Å². The van der Waals surface area contributed by atoms with Crippen LogP contribution in [0.4, 0.5) is 0 Å². The van der Waals surface area contributed by atoms with E-state index in [1.165, 1.54) is 21.5 Å². The maximum absolute atomic E-state index is 12.2. The van der Waals surface area contributed by atoms with Crippen LogP contribution in [0.2, 0.25) is 5.02 Å². The minimum atomic E-state index is -0.306. The van der Waals surface area contributed by atoms with Gasteiger partial charge >= 0.3 is 5.69 Å². The Morgan fingerprint density at radius 2 is 2.09 bits per heavy atom. The standard InChI is InChI=1S/C14H9ClN6O2/c15-10-4-2-1-3-9(10)13-18-17-12(23-13)8-21-14(22)20-6-5-16-7-11(20)19-21/h1-7H,8H2. The number of fused-ring (bicyclic) bond motifs is 1. The third-order valence-corrected chi connectivity index (χ3v) is 3.57. The van der Waals surface area contributed by atoms with Crippen LogP contribution >= 0.6 is 11.6 Å². The molecule has 0 aliphatic carbocycles. The second-order valence-corrected chi connectivity index (χ2v) is 5.13. The van der Waals surface area contributed by atoms with Gasteiger partial charge in [0.15, 0.2) is 5.65 Å². The van der Waals surface area contributed by atoms with E-state index < -0.39 is 0 Å². The SMILES string of the molecule is O=c1n(Cc2nnc(-c3ccccc3Cl)o2)nc2cnccn12. The molecule has 1 aromatic carbocycles. The molecule has 0 radical (unpaired) electrons. The lowest BCUT2D eigenvalue weighted by Crippen LogP contribution is -2.21. The Morgan fingerprint density at radius 3 is 2.91 bits per heavy atom. The molecule has 0 atom stereocenters. The van der Waals surface area contributed by atoms with Crippen LogP contribution in [0.3, 0.4) is 0 Å². The number of benzene rings is 1.